The second-order valence-electron chi connectivity index (χ2n) is 3.37. The standard InChI is InChI=1S/C11H15NO2/c1-8(2)11(13)12-9-4-6-10(14-3)7-5-9/h4-8H,1-3H3,(H,12,13). The third kappa shape index (κ3) is 2.76. The number of ether oxygens (including phenoxy) is 1. The van der Waals surface area contributed by atoms with Crippen LogP contribution in [-0.2, 0) is 4.79 Å². The normalized spacial score (nSPS) is 10.0. The molecular weight excluding hydrogens is 178 g/mol. The lowest BCUT2D eigenvalue weighted by Gasteiger charge is -2.07. The quantitative estimate of drug-likeness (QED) is 0.799. The second-order valence-corrected chi connectivity index (χ2v) is 3.37. The Hall–Kier alpha value is -1.51. The van der Waals surface area contributed by atoms with Gasteiger partial charge in [-0.3, -0.25) is 4.79 Å². The van der Waals surface area contributed by atoms with Gasteiger partial charge < -0.3 is 10.1 Å². The van der Waals surface area contributed by atoms with Crippen LogP contribution in [0.3, 0.4) is 0 Å². The number of nitrogens with one attached hydrogen (secondary N) is 1. The smallest absolute Gasteiger partial charge is 0.226 e. The molecule has 1 amide bonds. The molecule has 0 aromatic heterocycles. The number of hydrogen-bond donors (Lipinski definition) is 1. The van der Waals surface area contributed by atoms with Crippen LogP contribution in [0.2, 0.25) is 0 Å². The predicted octanol–water partition coefficient (Wildman–Crippen LogP) is 2.29. The molecular formula is C11H15NO2. The van der Waals surface area contributed by atoms with E-state index in [2.05, 4.69) is 5.32 Å². The van der Waals surface area contributed by atoms with E-state index in [-0.39, 0.29) is 11.8 Å². The fraction of sp³-hybridized carbons (Fsp3) is 0.364. The minimum absolute atomic E-state index is 0.00268. The van der Waals surface area contributed by atoms with Crippen LogP contribution >= 0.6 is 0 Å². The van der Waals surface area contributed by atoms with Gasteiger partial charge in [0.2, 0.25) is 5.91 Å². The number of anilines is 1. The molecule has 1 aromatic carbocycles. The molecule has 3 nitrogen and oxygen atoms in total. The van der Waals surface area contributed by atoms with Crippen molar-refractivity contribution < 1.29 is 9.53 Å². The molecule has 1 aromatic rings. The van der Waals surface area contributed by atoms with E-state index in [0.717, 1.165) is 11.4 Å². The SMILES string of the molecule is COc1ccc(NC(=O)C(C)C)cc1. The van der Waals surface area contributed by atoms with E-state index in [9.17, 15) is 4.79 Å². The molecule has 0 heterocycles. The van der Waals surface area contributed by atoms with E-state index in [1.54, 1.807) is 7.11 Å². The van der Waals surface area contributed by atoms with Gasteiger partial charge in [0.05, 0.1) is 7.11 Å². The van der Waals surface area contributed by atoms with Gasteiger partial charge >= 0.3 is 0 Å². The van der Waals surface area contributed by atoms with Crippen LogP contribution in [-0.4, -0.2) is 13.0 Å². The first-order valence-corrected chi connectivity index (χ1v) is 4.58. The monoisotopic (exact) mass is 193 g/mol. The van der Waals surface area contributed by atoms with E-state index in [0.29, 0.717) is 0 Å². The number of carbonyl (C=O) groups excluding carboxylic acids is 1. The van der Waals surface area contributed by atoms with Crippen LogP contribution in [0.1, 0.15) is 13.8 Å². The lowest BCUT2D eigenvalue weighted by Crippen LogP contribution is -2.17. The summed E-state index contributed by atoms with van der Waals surface area (Å²) >= 11 is 0. The highest BCUT2D eigenvalue weighted by molar-refractivity contribution is 5.92. The zero-order valence-electron chi connectivity index (χ0n) is 8.70. The van der Waals surface area contributed by atoms with Crippen molar-refractivity contribution in [1.82, 2.24) is 0 Å². The van der Waals surface area contributed by atoms with Crippen LogP contribution in [0, 0.1) is 5.92 Å². The molecule has 0 unspecified atom stereocenters. The summed E-state index contributed by atoms with van der Waals surface area (Å²) in [6.07, 6.45) is 0. The summed E-state index contributed by atoms with van der Waals surface area (Å²) in [5.41, 5.74) is 0.796. The first-order valence-electron chi connectivity index (χ1n) is 4.58. The Kier molecular flexibility index (Phi) is 3.51. The first-order chi connectivity index (χ1) is 6.63. The third-order valence-corrected chi connectivity index (χ3v) is 1.88. The first kappa shape index (κ1) is 10.6. The van der Waals surface area contributed by atoms with E-state index < -0.39 is 0 Å². The second kappa shape index (κ2) is 4.65. The molecule has 0 fully saturated rings. The average molecular weight is 193 g/mol. The molecule has 14 heavy (non-hydrogen) atoms. The van der Waals surface area contributed by atoms with E-state index in [1.807, 2.05) is 38.1 Å². The summed E-state index contributed by atoms with van der Waals surface area (Å²) in [5.74, 6) is 0.805. The van der Waals surface area contributed by atoms with Crippen LogP contribution in [0.15, 0.2) is 24.3 Å². The summed E-state index contributed by atoms with van der Waals surface area (Å²) < 4.78 is 5.01. The maximum atomic E-state index is 11.3. The fourth-order valence-corrected chi connectivity index (χ4v) is 0.961. The van der Waals surface area contributed by atoms with Crippen molar-refractivity contribution in [2.24, 2.45) is 5.92 Å². The summed E-state index contributed by atoms with van der Waals surface area (Å²) in [6, 6.07) is 7.27. The molecule has 1 rings (SSSR count). The Bertz CT molecular complexity index is 304. The number of benzene rings is 1. The maximum absolute atomic E-state index is 11.3. The zero-order chi connectivity index (χ0) is 10.6. The molecule has 3 heteroatoms. The topological polar surface area (TPSA) is 38.3 Å². The van der Waals surface area contributed by atoms with Crippen molar-refractivity contribution >= 4 is 11.6 Å². The summed E-state index contributed by atoms with van der Waals surface area (Å²) in [4.78, 5) is 11.3. The van der Waals surface area contributed by atoms with Gasteiger partial charge in [-0.25, -0.2) is 0 Å². The Morgan fingerprint density at radius 3 is 2.29 bits per heavy atom. The molecule has 0 aliphatic carbocycles. The van der Waals surface area contributed by atoms with Crippen molar-refractivity contribution in [2.45, 2.75) is 13.8 Å². The third-order valence-electron chi connectivity index (χ3n) is 1.88. The van der Waals surface area contributed by atoms with E-state index in [4.69, 9.17) is 4.74 Å². The molecule has 76 valence electrons. The van der Waals surface area contributed by atoms with Crippen LogP contribution in [0.5, 0.6) is 5.75 Å². The van der Waals surface area contributed by atoms with Gasteiger partial charge in [-0.15, -0.1) is 0 Å². The summed E-state index contributed by atoms with van der Waals surface area (Å²) in [6.45, 7) is 3.72. The van der Waals surface area contributed by atoms with Gasteiger partial charge in [-0.05, 0) is 24.3 Å². The van der Waals surface area contributed by atoms with Crippen molar-refractivity contribution in [3.63, 3.8) is 0 Å². The Morgan fingerprint density at radius 1 is 1.29 bits per heavy atom. The highest BCUT2D eigenvalue weighted by atomic mass is 16.5. The highest BCUT2D eigenvalue weighted by Gasteiger charge is 2.06. The van der Waals surface area contributed by atoms with Gasteiger partial charge in [0, 0.05) is 11.6 Å². The largest absolute Gasteiger partial charge is 0.497 e. The van der Waals surface area contributed by atoms with Gasteiger partial charge in [0.15, 0.2) is 0 Å². The van der Waals surface area contributed by atoms with Crippen molar-refractivity contribution in [3.8, 4) is 5.75 Å². The van der Waals surface area contributed by atoms with E-state index >= 15 is 0 Å². The molecule has 0 aliphatic rings. The van der Waals surface area contributed by atoms with Gasteiger partial charge in [-0.2, -0.15) is 0 Å². The van der Waals surface area contributed by atoms with Crippen LogP contribution in [0.25, 0.3) is 0 Å². The number of amides is 1. The average Bonchev–Trinajstić information content (AvgIpc) is 2.19. The van der Waals surface area contributed by atoms with Gasteiger partial charge in [-0.1, -0.05) is 13.8 Å². The Labute approximate surface area is 84.1 Å². The predicted molar refractivity (Wildman–Crippen MR) is 56.5 cm³/mol. The van der Waals surface area contributed by atoms with Gasteiger partial charge in [0.1, 0.15) is 5.75 Å². The number of carbonyl (C=O) groups is 1. The number of rotatable bonds is 3. The molecule has 0 atom stereocenters. The van der Waals surface area contributed by atoms with Crippen molar-refractivity contribution in [1.29, 1.82) is 0 Å². The lowest BCUT2D eigenvalue weighted by atomic mass is 10.2. The number of methoxy groups -OCH3 is 1. The Morgan fingerprint density at radius 2 is 1.86 bits per heavy atom. The van der Waals surface area contributed by atoms with Crippen molar-refractivity contribution in [3.05, 3.63) is 24.3 Å². The fourth-order valence-electron chi connectivity index (χ4n) is 0.961. The summed E-state index contributed by atoms with van der Waals surface area (Å²) in [7, 11) is 1.61. The maximum Gasteiger partial charge on any atom is 0.226 e. The van der Waals surface area contributed by atoms with Crippen LogP contribution < -0.4 is 10.1 Å². The zero-order valence-corrected chi connectivity index (χ0v) is 8.70. The molecule has 1 N–H and O–H groups in total. The molecule has 0 radical (unpaired) electrons. The van der Waals surface area contributed by atoms with Crippen LogP contribution in [0.4, 0.5) is 5.69 Å². The molecule has 0 spiro atoms. The highest BCUT2D eigenvalue weighted by Crippen LogP contribution is 2.15. The minimum atomic E-state index is -0.00268. The molecule has 0 saturated heterocycles. The number of hydrogen-bond acceptors (Lipinski definition) is 2. The van der Waals surface area contributed by atoms with E-state index in [1.165, 1.54) is 0 Å². The minimum Gasteiger partial charge on any atom is -0.497 e. The Balaban J connectivity index is 2.64. The molecule has 0 bridgehead atoms. The lowest BCUT2D eigenvalue weighted by molar-refractivity contribution is -0.118. The summed E-state index contributed by atoms with van der Waals surface area (Å²) in [5, 5.41) is 2.80. The van der Waals surface area contributed by atoms with Crippen molar-refractivity contribution in [2.75, 3.05) is 12.4 Å². The molecule has 0 saturated carbocycles. The molecule has 0 aliphatic heterocycles. The van der Waals surface area contributed by atoms with Gasteiger partial charge in [0.25, 0.3) is 0 Å².